The van der Waals surface area contributed by atoms with E-state index >= 15 is 0 Å². The van der Waals surface area contributed by atoms with Crippen LogP contribution in [0.25, 0.3) is 22.0 Å². The summed E-state index contributed by atoms with van der Waals surface area (Å²) >= 11 is 0. The fourth-order valence-corrected chi connectivity index (χ4v) is 2.06. The van der Waals surface area contributed by atoms with Gasteiger partial charge in [-0.2, -0.15) is 5.26 Å². The maximum absolute atomic E-state index is 8.80. The van der Waals surface area contributed by atoms with Crippen molar-refractivity contribution in [2.45, 2.75) is 0 Å². The Morgan fingerprint density at radius 2 is 1.75 bits per heavy atom. The summed E-state index contributed by atoms with van der Waals surface area (Å²) in [5.74, 6) is 0.539. The van der Waals surface area contributed by atoms with Crippen LogP contribution in [0.4, 0.5) is 5.82 Å². The van der Waals surface area contributed by atoms with Crippen LogP contribution in [0.5, 0.6) is 0 Å². The minimum Gasteiger partial charge on any atom is -0.265 e. The molecule has 3 aromatic rings. The second-order valence-electron chi connectivity index (χ2n) is 4.50. The van der Waals surface area contributed by atoms with Gasteiger partial charge >= 0.3 is 0 Å². The van der Waals surface area contributed by atoms with Crippen molar-refractivity contribution in [2.75, 3.05) is 11.9 Å². The standard InChI is InChI=1S/C16H12N4/c1-20(11-17)16-9-8-15(18-19-16)14-7-6-12-4-2-3-5-13(12)10-14/h2-10H,1H3. The molecule has 0 aliphatic heterocycles. The average molecular weight is 260 g/mol. The molecule has 0 unspecified atom stereocenters. The molecule has 0 spiro atoms. The molecule has 0 aliphatic carbocycles. The lowest BCUT2D eigenvalue weighted by Crippen LogP contribution is -2.10. The number of nitriles is 1. The third-order valence-corrected chi connectivity index (χ3v) is 3.19. The molecule has 20 heavy (non-hydrogen) atoms. The highest BCUT2D eigenvalue weighted by atomic mass is 15.2. The minimum absolute atomic E-state index is 0.539. The molecule has 3 rings (SSSR count). The van der Waals surface area contributed by atoms with E-state index in [4.69, 9.17) is 5.26 Å². The van der Waals surface area contributed by atoms with Crippen LogP contribution in [0.15, 0.2) is 54.6 Å². The first-order valence-corrected chi connectivity index (χ1v) is 6.24. The lowest BCUT2D eigenvalue weighted by atomic mass is 10.1. The second-order valence-corrected chi connectivity index (χ2v) is 4.50. The molecule has 4 heteroatoms. The number of rotatable bonds is 2. The van der Waals surface area contributed by atoms with Gasteiger partial charge in [0.15, 0.2) is 12.0 Å². The second kappa shape index (κ2) is 4.98. The van der Waals surface area contributed by atoms with Gasteiger partial charge in [-0.1, -0.05) is 36.4 Å². The lowest BCUT2D eigenvalue weighted by Gasteiger charge is -2.07. The molecule has 96 valence electrons. The predicted octanol–water partition coefficient (Wildman–Crippen LogP) is 3.21. The summed E-state index contributed by atoms with van der Waals surface area (Å²) in [5.41, 5.74) is 1.81. The molecule has 0 N–H and O–H groups in total. The van der Waals surface area contributed by atoms with E-state index in [9.17, 15) is 0 Å². The first kappa shape index (κ1) is 12.1. The summed E-state index contributed by atoms with van der Waals surface area (Å²) < 4.78 is 0. The molecule has 0 fully saturated rings. The zero-order valence-electron chi connectivity index (χ0n) is 11.0. The van der Waals surface area contributed by atoms with Crippen LogP contribution < -0.4 is 4.90 Å². The van der Waals surface area contributed by atoms with Crippen molar-refractivity contribution in [1.82, 2.24) is 10.2 Å². The Hall–Kier alpha value is -2.93. The Balaban J connectivity index is 2.00. The fourth-order valence-electron chi connectivity index (χ4n) is 2.06. The first-order chi connectivity index (χ1) is 9.78. The Kier molecular flexibility index (Phi) is 3.02. The predicted molar refractivity (Wildman–Crippen MR) is 79.0 cm³/mol. The van der Waals surface area contributed by atoms with Crippen LogP contribution in [-0.4, -0.2) is 17.2 Å². The Morgan fingerprint density at radius 3 is 2.45 bits per heavy atom. The number of aromatic nitrogens is 2. The van der Waals surface area contributed by atoms with Gasteiger partial charge in [0.05, 0.1) is 5.69 Å². The maximum Gasteiger partial charge on any atom is 0.185 e. The normalized spacial score (nSPS) is 10.2. The van der Waals surface area contributed by atoms with Crippen molar-refractivity contribution >= 4 is 16.6 Å². The Morgan fingerprint density at radius 1 is 0.950 bits per heavy atom. The number of hydrogen-bond acceptors (Lipinski definition) is 4. The molecule has 0 atom stereocenters. The van der Waals surface area contributed by atoms with E-state index in [2.05, 4.69) is 34.5 Å². The summed E-state index contributed by atoms with van der Waals surface area (Å²) in [6.45, 7) is 0. The van der Waals surface area contributed by atoms with E-state index in [0.29, 0.717) is 5.82 Å². The molecule has 2 aromatic carbocycles. The zero-order valence-corrected chi connectivity index (χ0v) is 11.0. The number of anilines is 1. The summed E-state index contributed by atoms with van der Waals surface area (Å²) in [7, 11) is 1.65. The van der Waals surface area contributed by atoms with Gasteiger partial charge in [-0.25, -0.2) is 0 Å². The number of benzene rings is 2. The molecule has 0 aliphatic rings. The molecule has 4 nitrogen and oxygen atoms in total. The minimum atomic E-state index is 0.539. The van der Waals surface area contributed by atoms with Crippen LogP contribution in [0, 0.1) is 11.5 Å². The smallest absolute Gasteiger partial charge is 0.185 e. The number of nitrogens with zero attached hydrogens (tertiary/aromatic N) is 4. The van der Waals surface area contributed by atoms with Crippen molar-refractivity contribution in [3.05, 3.63) is 54.6 Å². The van der Waals surface area contributed by atoms with E-state index in [-0.39, 0.29) is 0 Å². The van der Waals surface area contributed by atoms with Gasteiger partial charge in [0.25, 0.3) is 0 Å². The maximum atomic E-state index is 8.80. The van der Waals surface area contributed by atoms with Crippen molar-refractivity contribution in [3.63, 3.8) is 0 Å². The Labute approximate surface area is 116 Å². The molecule has 0 saturated carbocycles. The largest absolute Gasteiger partial charge is 0.265 e. The number of hydrogen-bond donors (Lipinski definition) is 0. The monoisotopic (exact) mass is 260 g/mol. The van der Waals surface area contributed by atoms with Crippen LogP contribution in [0.3, 0.4) is 0 Å². The topological polar surface area (TPSA) is 52.8 Å². The van der Waals surface area contributed by atoms with Gasteiger partial charge in [-0.05, 0) is 29.0 Å². The van der Waals surface area contributed by atoms with Crippen LogP contribution in [0.1, 0.15) is 0 Å². The highest BCUT2D eigenvalue weighted by molar-refractivity contribution is 5.86. The molecule has 0 amide bonds. The van der Waals surface area contributed by atoms with Crippen LogP contribution in [0.2, 0.25) is 0 Å². The van der Waals surface area contributed by atoms with Gasteiger partial charge in [-0.3, -0.25) is 4.90 Å². The van der Waals surface area contributed by atoms with E-state index in [1.54, 1.807) is 13.1 Å². The number of fused-ring (bicyclic) bond motifs is 1. The SMILES string of the molecule is CN(C#N)c1ccc(-c2ccc3ccccc3c2)nn1. The van der Waals surface area contributed by atoms with E-state index in [0.717, 1.165) is 11.3 Å². The average Bonchev–Trinajstić information content (AvgIpc) is 2.54. The fraction of sp³-hybridized carbons (Fsp3) is 0.0625. The molecular formula is C16H12N4. The molecule has 1 aromatic heterocycles. The van der Waals surface area contributed by atoms with Gasteiger partial charge < -0.3 is 0 Å². The first-order valence-electron chi connectivity index (χ1n) is 6.24. The molecule has 0 bridgehead atoms. The van der Waals surface area contributed by atoms with Crippen LogP contribution in [-0.2, 0) is 0 Å². The Bertz CT molecular complexity index is 787. The summed E-state index contributed by atoms with van der Waals surface area (Å²) in [6.07, 6.45) is 2.00. The zero-order chi connectivity index (χ0) is 13.9. The highest BCUT2D eigenvalue weighted by Crippen LogP contribution is 2.23. The van der Waals surface area contributed by atoms with E-state index in [1.165, 1.54) is 15.7 Å². The van der Waals surface area contributed by atoms with Gasteiger partial charge in [0, 0.05) is 12.6 Å². The third-order valence-electron chi connectivity index (χ3n) is 3.19. The van der Waals surface area contributed by atoms with E-state index in [1.807, 2.05) is 30.5 Å². The van der Waals surface area contributed by atoms with Crippen molar-refractivity contribution in [3.8, 4) is 17.5 Å². The van der Waals surface area contributed by atoms with Crippen LogP contribution >= 0.6 is 0 Å². The summed E-state index contributed by atoms with van der Waals surface area (Å²) in [6, 6.07) is 18.0. The quantitative estimate of drug-likeness (QED) is 0.524. The van der Waals surface area contributed by atoms with Crippen molar-refractivity contribution < 1.29 is 0 Å². The molecule has 0 radical (unpaired) electrons. The van der Waals surface area contributed by atoms with Gasteiger partial charge in [-0.15, -0.1) is 10.2 Å². The van der Waals surface area contributed by atoms with Crippen molar-refractivity contribution in [2.24, 2.45) is 0 Å². The van der Waals surface area contributed by atoms with E-state index < -0.39 is 0 Å². The summed E-state index contributed by atoms with van der Waals surface area (Å²) in [5, 5.41) is 19.4. The summed E-state index contributed by atoms with van der Waals surface area (Å²) in [4.78, 5) is 1.37. The third kappa shape index (κ3) is 2.17. The highest BCUT2D eigenvalue weighted by Gasteiger charge is 2.05. The molecular weight excluding hydrogens is 248 g/mol. The molecule has 1 heterocycles. The molecule has 0 saturated heterocycles. The van der Waals surface area contributed by atoms with Crippen molar-refractivity contribution in [1.29, 1.82) is 5.26 Å². The van der Waals surface area contributed by atoms with Gasteiger partial charge in [0.2, 0.25) is 0 Å². The van der Waals surface area contributed by atoms with Gasteiger partial charge in [0.1, 0.15) is 0 Å². The lowest BCUT2D eigenvalue weighted by molar-refractivity contribution is 0.994.